The van der Waals surface area contributed by atoms with E-state index in [-0.39, 0.29) is 11.9 Å². The Labute approximate surface area is 265 Å². The monoisotopic (exact) mass is 599 g/mol. The second-order valence-corrected chi connectivity index (χ2v) is 11.9. The number of amides is 1. The summed E-state index contributed by atoms with van der Waals surface area (Å²) >= 11 is 0. The van der Waals surface area contributed by atoms with Crippen LogP contribution in [0.25, 0.3) is 39.5 Å². The third-order valence-electron chi connectivity index (χ3n) is 8.95. The number of pyridine rings is 2. The number of carbonyl (C=O) groups is 1. The van der Waals surface area contributed by atoms with E-state index in [1.807, 2.05) is 56.3 Å². The maximum Gasteiger partial charge on any atom is 0.243 e. The van der Waals surface area contributed by atoms with Gasteiger partial charge in [-0.25, -0.2) is 15.0 Å². The van der Waals surface area contributed by atoms with Crippen LogP contribution in [0, 0.1) is 5.41 Å². The van der Waals surface area contributed by atoms with Crippen molar-refractivity contribution in [1.29, 1.82) is 0 Å². The van der Waals surface area contributed by atoms with Gasteiger partial charge < -0.3 is 11.1 Å². The van der Waals surface area contributed by atoms with Crippen LogP contribution in [-0.2, 0) is 11.3 Å². The van der Waals surface area contributed by atoms with E-state index in [0.29, 0.717) is 11.2 Å². The van der Waals surface area contributed by atoms with Gasteiger partial charge in [0.1, 0.15) is 11.3 Å². The molecule has 3 aromatic heterocycles. The lowest BCUT2D eigenvalue weighted by molar-refractivity contribution is -0.118. The van der Waals surface area contributed by atoms with E-state index in [4.69, 9.17) is 15.7 Å². The van der Waals surface area contributed by atoms with Gasteiger partial charge in [-0.1, -0.05) is 62.9 Å². The number of rotatable bonds is 7. The topological polar surface area (TPSA) is 102 Å². The van der Waals surface area contributed by atoms with Gasteiger partial charge in [-0.15, -0.1) is 0 Å². The standard InChI is InChI=1S/C35H35N7O.C2H6/c1-2-31(43)38-26-16-18-35(19-17-26)22-41(23-35)21-24-10-12-27(13-11-24)42-33(28-9-6-20-37-32(28)36)40-30-15-14-29(39-34(30)42)25-7-4-3-5-8-25;1-2/h2-15,20,26H,1,16-19,21-23H2,(H2,36,37)(H,38,43);1-2H3. The van der Waals surface area contributed by atoms with Crippen LogP contribution in [0.3, 0.4) is 0 Å². The summed E-state index contributed by atoms with van der Waals surface area (Å²) in [5, 5.41) is 3.07. The largest absolute Gasteiger partial charge is 0.383 e. The number of nitrogens with two attached hydrogens (primary N) is 1. The highest BCUT2D eigenvalue weighted by Crippen LogP contribution is 2.44. The number of hydrogen-bond acceptors (Lipinski definition) is 6. The van der Waals surface area contributed by atoms with Gasteiger partial charge in [0, 0.05) is 43.1 Å². The first-order valence-electron chi connectivity index (χ1n) is 15.9. The Morgan fingerprint density at radius 2 is 1.71 bits per heavy atom. The van der Waals surface area contributed by atoms with E-state index in [1.165, 1.54) is 11.6 Å². The Balaban J connectivity index is 0.00000175. The third kappa shape index (κ3) is 6.24. The van der Waals surface area contributed by atoms with Crippen LogP contribution >= 0.6 is 0 Å². The maximum atomic E-state index is 11.7. The molecule has 0 unspecified atom stereocenters. The number of aromatic nitrogens is 4. The normalized spacial score (nSPS) is 16.0. The molecule has 1 aliphatic carbocycles. The maximum absolute atomic E-state index is 11.7. The minimum absolute atomic E-state index is 0.0632. The molecule has 7 rings (SSSR count). The summed E-state index contributed by atoms with van der Waals surface area (Å²) in [5.74, 6) is 1.09. The summed E-state index contributed by atoms with van der Waals surface area (Å²) in [4.78, 5) is 28.6. The van der Waals surface area contributed by atoms with Crippen molar-refractivity contribution in [2.24, 2.45) is 5.41 Å². The van der Waals surface area contributed by atoms with Gasteiger partial charge >= 0.3 is 0 Å². The SMILES string of the molecule is C=CC(=O)NC1CCC2(CC1)CN(Cc1ccc(-n3c(-c4cccnc4N)nc4ccc(-c5ccccc5)nc43)cc1)C2.CC. The van der Waals surface area contributed by atoms with E-state index in [2.05, 4.69) is 62.7 Å². The molecule has 45 heavy (non-hydrogen) atoms. The smallest absolute Gasteiger partial charge is 0.243 e. The van der Waals surface area contributed by atoms with Gasteiger partial charge in [0.2, 0.25) is 5.91 Å². The van der Waals surface area contributed by atoms with E-state index in [9.17, 15) is 4.79 Å². The molecule has 3 N–H and O–H groups in total. The molecule has 8 heteroatoms. The fourth-order valence-electron chi connectivity index (χ4n) is 6.73. The van der Waals surface area contributed by atoms with Gasteiger partial charge in [0.15, 0.2) is 11.5 Å². The molecule has 2 aromatic carbocycles. The summed E-state index contributed by atoms with van der Waals surface area (Å²) < 4.78 is 2.08. The van der Waals surface area contributed by atoms with Crippen molar-refractivity contribution in [2.75, 3.05) is 18.8 Å². The quantitative estimate of drug-likeness (QED) is 0.200. The predicted molar refractivity (Wildman–Crippen MR) is 182 cm³/mol. The summed E-state index contributed by atoms with van der Waals surface area (Å²) in [5.41, 5.74) is 13.3. The van der Waals surface area contributed by atoms with Gasteiger partial charge in [0.25, 0.3) is 0 Å². The zero-order valence-electron chi connectivity index (χ0n) is 26.1. The summed E-state index contributed by atoms with van der Waals surface area (Å²) in [6, 6.07) is 27.0. The number of likely N-dealkylation sites (tertiary alicyclic amines) is 1. The lowest BCUT2D eigenvalue weighted by atomic mass is 9.67. The molecule has 0 atom stereocenters. The van der Waals surface area contributed by atoms with Crippen molar-refractivity contribution < 1.29 is 4.79 Å². The highest BCUT2D eigenvalue weighted by atomic mass is 16.1. The molecule has 2 aliphatic rings. The molecule has 1 saturated carbocycles. The first kappa shape index (κ1) is 30.2. The van der Waals surface area contributed by atoms with Crippen molar-refractivity contribution in [3.63, 3.8) is 0 Å². The third-order valence-corrected chi connectivity index (χ3v) is 8.95. The molecular weight excluding hydrogens is 558 g/mol. The number of carbonyl (C=O) groups excluding carboxylic acids is 1. The van der Waals surface area contributed by atoms with Crippen molar-refractivity contribution in [1.82, 2.24) is 29.7 Å². The number of imidazole rings is 1. The van der Waals surface area contributed by atoms with Crippen molar-refractivity contribution >= 4 is 22.9 Å². The number of nitrogen functional groups attached to an aromatic ring is 1. The van der Waals surface area contributed by atoms with E-state index in [1.54, 1.807) is 6.20 Å². The van der Waals surface area contributed by atoms with Crippen molar-refractivity contribution in [2.45, 2.75) is 52.1 Å². The second-order valence-electron chi connectivity index (χ2n) is 11.9. The average molecular weight is 600 g/mol. The van der Waals surface area contributed by atoms with Crippen LogP contribution in [0.2, 0.25) is 0 Å². The zero-order valence-corrected chi connectivity index (χ0v) is 26.1. The highest BCUT2D eigenvalue weighted by molar-refractivity contribution is 5.87. The molecule has 0 radical (unpaired) electrons. The number of hydrogen-bond donors (Lipinski definition) is 2. The van der Waals surface area contributed by atoms with Crippen LogP contribution < -0.4 is 11.1 Å². The Morgan fingerprint density at radius 1 is 0.978 bits per heavy atom. The first-order valence-corrected chi connectivity index (χ1v) is 15.9. The summed E-state index contributed by atoms with van der Waals surface area (Å²) in [6.45, 7) is 10.7. The highest BCUT2D eigenvalue weighted by Gasteiger charge is 2.44. The second kappa shape index (κ2) is 13.0. The Hall–Kier alpha value is -4.82. The molecule has 230 valence electrons. The van der Waals surface area contributed by atoms with Crippen LogP contribution in [0.5, 0.6) is 0 Å². The zero-order chi connectivity index (χ0) is 31.4. The summed E-state index contributed by atoms with van der Waals surface area (Å²) in [6.07, 6.45) is 7.48. The number of nitrogens with one attached hydrogen (secondary N) is 1. The molecule has 1 amide bonds. The van der Waals surface area contributed by atoms with Crippen LogP contribution in [0.1, 0.15) is 45.1 Å². The molecule has 1 saturated heterocycles. The fraction of sp³-hybridized carbons (Fsp3) is 0.297. The van der Waals surface area contributed by atoms with Crippen molar-refractivity contribution in [3.05, 3.63) is 103 Å². The molecule has 1 aliphatic heterocycles. The Morgan fingerprint density at radius 3 is 2.40 bits per heavy atom. The van der Waals surface area contributed by atoms with Gasteiger partial charge in [-0.2, -0.15) is 0 Å². The molecule has 0 bridgehead atoms. The average Bonchev–Trinajstić information content (AvgIpc) is 3.45. The number of anilines is 1. The predicted octanol–water partition coefficient (Wildman–Crippen LogP) is 6.80. The molecule has 5 aromatic rings. The Bertz CT molecular complexity index is 1780. The van der Waals surface area contributed by atoms with Crippen molar-refractivity contribution in [3.8, 4) is 28.3 Å². The van der Waals surface area contributed by atoms with Crippen LogP contribution in [0.15, 0.2) is 97.7 Å². The minimum atomic E-state index is -0.0632. The summed E-state index contributed by atoms with van der Waals surface area (Å²) in [7, 11) is 0. The lowest BCUT2D eigenvalue weighted by Crippen LogP contribution is -2.58. The molecule has 2 fully saturated rings. The number of nitrogens with zero attached hydrogens (tertiary/aromatic N) is 5. The molecule has 4 heterocycles. The Kier molecular flexibility index (Phi) is 8.76. The van der Waals surface area contributed by atoms with E-state index < -0.39 is 0 Å². The van der Waals surface area contributed by atoms with Crippen LogP contribution in [-0.4, -0.2) is 49.5 Å². The molecule has 8 nitrogen and oxygen atoms in total. The lowest BCUT2D eigenvalue weighted by Gasteiger charge is -2.53. The van der Waals surface area contributed by atoms with Gasteiger partial charge in [-0.05, 0) is 79.1 Å². The van der Waals surface area contributed by atoms with Gasteiger partial charge in [0.05, 0.1) is 11.3 Å². The molecular formula is C37H41N7O. The van der Waals surface area contributed by atoms with Gasteiger partial charge in [-0.3, -0.25) is 14.3 Å². The van der Waals surface area contributed by atoms with Crippen LogP contribution in [0.4, 0.5) is 5.82 Å². The minimum Gasteiger partial charge on any atom is -0.383 e. The van der Waals surface area contributed by atoms with E-state index >= 15 is 0 Å². The number of benzene rings is 2. The fourth-order valence-corrected chi connectivity index (χ4v) is 6.73. The number of fused-ring (bicyclic) bond motifs is 1. The molecule has 1 spiro atoms. The van der Waals surface area contributed by atoms with E-state index in [0.717, 1.165) is 84.8 Å². The first-order chi connectivity index (χ1) is 22.0.